The maximum absolute atomic E-state index is 12.0. The Kier molecular flexibility index (Phi) is 5.15. The van der Waals surface area contributed by atoms with Crippen molar-refractivity contribution < 1.29 is 9.90 Å². The Balaban J connectivity index is 1.56. The van der Waals surface area contributed by atoms with E-state index in [1.165, 1.54) is 6.07 Å². The summed E-state index contributed by atoms with van der Waals surface area (Å²) in [6.45, 7) is 0.864. The van der Waals surface area contributed by atoms with Gasteiger partial charge in [-0.1, -0.05) is 24.6 Å². The lowest BCUT2D eigenvalue weighted by Gasteiger charge is -2.25. The number of hydrogen-bond acceptors (Lipinski definition) is 3. The number of benzene rings is 1. The molecule has 4 N–H and O–H groups in total. The Morgan fingerprint density at radius 2 is 2.08 bits per heavy atom. The van der Waals surface area contributed by atoms with Crippen LogP contribution in [0.25, 0.3) is 10.9 Å². The highest BCUT2D eigenvalue weighted by atomic mass is 16.3. The highest BCUT2D eigenvalue weighted by Gasteiger charge is 2.20. The van der Waals surface area contributed by atoms with Crippen molar-refractivity contribution in [2.24, 2.45) is 5.92 Å². The highest BCUT2D eigenvalue weighted by Crippen LogP contribution is 2.23. The quantitative estimate of drug-likeness (QED) is 0.690. The van der Waals surface area contributed by atoms with Crippen molar-refractivity contribution in [1.82, 2.24) is 15.6 Å². The number of nitrogens with one attached hydrogen (secondary N) is 3. The Labute approximate surface area is 140 Å². The minimum Gasteiger partial charge on any atom is -0.393 e. The van der Waals surface area contributed by atoms with Crippen LogP contribution in [-0.4, -0.2) is 28.8 Å². The summed E-state index contributed by atoms with van der Waals surface area (Å²) in [6.07, 6.45) is 3.41. The first kappa shape index (κ1) is 16.5. The van der Waals surface area contributed by atoms with Crippen LogP contribution in [0.4, 0.5) is 4.79 Å². The van der Waals surface area contributed by atoms with Crippen LogP contribution in [0.1, 0.15) is 31.2 Å². The largest absolute Gasteiger partial charge is 0.393 e. The predicted octanol–water partition coefficient (Wildman–Crippen LogP) is 1.88. The molecule has 1 aliphatic carbocycles. The van der Waals surface area contributed by atoms with Crippen molar-refractivity contribution in [2.45, 2.75) is 38.3 Å². The number of pyridine rings is 1. The number of fused-ring (bicyclic) bond motifs is 1. The van der Waals surface area contributed by atoms with Crippen LogP contribution in [0.2, 0.25) is 0 Å². The fraction of sp³-hybridized carbons (Fsp3) is 0.444. The lowest BCUT2D eigenvalue weighted by Crippen LogP contribution is -2.39. The summed E-state index contributed by atoms with van der Waals surface area (Å²) in [7, 11) is 0. The second-order valence-corrected chi connectivity index (χ2v) is 6.45. The molecule has 0 aliphatic heterocycles. The molecule has 6 heteroatoms. The van der Waals surface area contributed by atoms with Gasteiger partial charge in [-0.05, 0) is 36.8 Å². The summed E-state index contributed by atoms with van der Waals surface area (Å²) in [5.74, 6) is 0.333. The van der Waals surface area contributed by atoms with Gasteiger partial charge >= 0.3 is 6.03 Å². The predicted molar refractivity (Wildman–Crippen MR) is 92.8 cm³/mol. The van der Waals surface area contributed by atoms with Gasteiger partial charge in [0.2, 0.25) is 5.56 Å². The topological polar surface area (TPSA) is 94.2 Å². The van der Waals surface area contributed by atoms with E-state index in [1.54, 1.807) is 0 Å². The van der Waals surface area contributed by atoms with E-state index in [4.69, 9.17) is 0 Å². The number of aromatic amines is 1. The summed E-state index contributed by atoms with van der Waals surface area (Å²) in [4.78, 5) is 26.5. The van der Waals surface area contributed by atoms with Gasteiger partial charge in [-0.3, -0.25) is 4.79 Å². The molecule has 2 aromatic rings. The van der Waals surface area contributed by atoms with Crippen molar-refractivity contribution in [2.75, 3.05) is 6.54 Å². The first-order valence-electron chi connectivity index (χ1n) is 8.42. The minimum absolute atomic E-state index is 0.179. The zero-order valence-corrected chi connectivity index (χ0v) is 13.5. The Bertz CT molecular complexity index is 771. The number of urea groups is 1. The summed E-state index contributed by atoms with van der Waals surface area (Å²) >= 11 is 0. The molecular weight excluding hydrogens is 306 g/mol. The van der Waals surface area contributed by atoms with E-state index < -0.39 is 0 Å². The van der Waals surface area contributed by atoms with Gasteiger partial charge in [0.05, 0.1) is 6.10 Å². The van der Waals surface area contributed by atoms with E-state index >= 15 is 0 Å². The average molecular weight is 329 g/mol. The average Bonchev–Trinajstić information content (AvgIpc) is 2.57. The first-order chi connectivity index (χ1) is 11.6. The van der Waals surface area contributed by atoms with Crippen molar-refractivity contribution in [3.8, 4) is 0 Å². The van der Waals surface area contributed by atoms with E-state index in [0.717, 1.165) is 42.1 Å². The van der Waals surface area contributed by atoms with Crippen LogP contribution in [0.3, 0.4) is 0 Å². The number of amides is 2. The first-order valence-corrected chi connectivity index (χ1v) is 8.42. The minimum atomic E-state index is -0.251. The van der Waals surface area contributed by atoms with Crippen LogP contribution in [0.5, 0.6) is 0 Å². The van der Waals surface area contributed by atoms with E-state index in [0.29, 0.717) is 19.0 Å². The Morgan fingerprint density at radius 3 is 2.92 bits per heavy atom. The number of hydrogen-bond donors (Lipinski definition) is 4. The van der Waals surface area contributed by atoms with Crippen molar-refractivity contribution in [1.29, 1.82) is 0 Å². The molecule has 1 aromatic heterocycles. The molecule has 0 bridgehead atoms. The van der Waals surface area contributed by atoms with Gasteiger partial charge in [-0.15, -0.1) is 0 Å². The molecule has 6 nitrogen and oxygen atoms in total. The molecule has 1 fully saturated rings. The highest BCUT2D eigenvalue weighted by molar-refractivity contribution is 5.82. The van der Waals surface area contributed by atoms with Gasteiger partial charge in [-0.2, -0.15) is 0 Å². The number of para-hydroxylation sites is 1. The van der Waals surface area contributed by atoms with Gasteiger partial charge in [0, 0.05) is 30.1 Å². The number of aliphatic hydroxyl groups is 1. The standard InChI is InChI=1S/C18H23N3O3/c22-14-5-3-4-12(8-14)10-19-18(24)20-11-13-9-17(23)21-16-7-2-1-6-15(13)16/h1-2,6-7,9,12,14,22H,3-5,8,10-11H2,(H,21,23)(H2,19,20,24). The number of carbonyl (C=O) groups excluding carboxylic acids is 1. The van der Waals surface area contributed by atoms with Gasteiger partial charge < -0.3 is 20.7 Å². The summed E-state index contributed by atoms with van der Waals surface area (Å²) < 4.78 is 0. The lowest BCUT2D eigenvalue weighted by molar-refractivity contribution is 0.101. The zero-order valence-electron chi connectivity index (χ0n) is 13.5. The maximum Gasteiger partial charge on any atom is 0.315 e. The van der Waals surface area contributed by atoms with E-state index in [2.05, 4.69) is 15.6 Å². The maximum atomic E-state index is 12.0. The van der Waals surface area contributed by atoms with Crippen molar-refractivity contribution in [3.05, 3.63) is 46.2 Å². The summed E-state index contributed by atoms with van der Waals surface area (Å²) in [6, 6.07) is 8.79. The van der Waals surface area contributed by atoms with Gasteiger partial charge in [0.15, 0.2) is 0 Å². The normalized spacial score (nSPS) is 20.7. The fourth-order valence-corrected chi connectivity index (χ4v) is 3.35. The number of carbonyl (C=O) groups is 1. The second-order valence-electron chi connectivity index (χ2n) is 6.45. The second kappa shape index (κ2) is 7.49. The van der Waals surface area contributed by atoms with Gasteiger partial charge in [0.25, 0.3) is 0 Å². The van der Waals surface area contributed by atoms with Crippen LogP contribution < -0.4 is 16.2 Å². The molecule has 1 saturated carbocycles. The zero-order chi connectivity index (χ0) is 16.9. The smallest absolute Gasteiger partial charge is 0.315 e. The monoisotopic (exact) mass is 329 g/mol. The molecule has 1 aliphatic rings. The number of rotatable bonds is 4. The molecule has 24 heavy (non-hydrogen) atoms. The van der Waals surface area contributed by atoms with Gasteiger partial charge in [-0.25, -0.2) is 4.79 Å². The van der Waals surface area contributed by atoms with Crippen LogP contribution in [0, 0.1) is 5.92 Å². The lowest BCUT2D eigenvalue weighted by atomic mass is 9.87. The van der Waals surface area contributed by atoms with E-state index in [1.807, 2.05) is 24.3 Å². The molecule has 2 amide bonds. The summed E-state index contributed by atoms with van der Waals surface area (Å²) in [5, 5.41) is 16.2. The van der Waals surface area contributed by atoms with Crippen molar-refractivity contribution >= 4 is 16.9 Å². The molecule has 3 rings (SSSR count). The molecule has 2 unspecified atom stereocenters. The molecule has 1 heterocycles. The molecule has 0 radical (unpaired) electrons. The molecule has 1 aromatic carbocycles. The van der Waals surface area contributed by atoms with Gasteiger partial charge in [0.1, 0.15) is 0 Å². The summed E-state index contributed by atoms with van der Waals surface area (Å²) in [5.41, 5.74) is 1.37. The van der Waals surface area contributed by atoms with Crippen LogP contribution in [0.15, 0.2) is 35.1 Å². The van der Waals surface area contributed by atoms with Crippen LogP contribution in [-0.2, 0) is 6.54 Å². The Hall–Kier alpha value is -2.34. The molecule has 128 valence electrons. The molecule has 0 spiro atoms. The molecular formula is C18H23N3O3. The third kappa shape index (κ3) is 4.14. The van der Waals surface area contributed by atoms with Crippen molar-refractivity contribution in [3.63, 3.8) is 0 Å². The fourth-order valence-electron chi connectivity index (χ4n) is 3.35. The van der Waals surface area contributed by atoms with Crippen LogP contribution >= 0.6 is 0 Å². The number of H-pyrrole nitrogens is 1. The number of aromatic nitrogens is 1. The third-order valence-corrected chi connectivity index (χ3v) is 4.58. The van der Waals surface area contributed by atoms with E-state index in [-0.39, 0.29) is 17.7 Å². The van der Waals surface area contributed by atoms with E-state index in [9.17, 15) is 14.7 Å². The Morgan fingerprint density at radius 1 is 1.25 bits per heavy atom. The molecule has 2 atom stereocenters. The SMILES string of the molecule is O=C(NCc1cc(=O)[nH]c2ccccc12)NCC1CCCC(O)C1. The third-order valence-electron chi connectivity index (χ3n) is 4.58. The number of aliphatic hydroxyl groups excluding tert-OH is 1. The molecule has 0 saturated heterocycles.